The van der Waals surface area contributed by atoms with Gasteiger partial charge in [0.2, 0.25) is 10.0 Å². The van der Waals surface area contributed by atoms with E-state index in [1.165, 1.54) is 13.1 Å². The van der Waals surface area contributed by atoms with Crippen molar-refractivity contribution in [2.24, 2.45) is 5.41 Å². The monoisotopic (exact) mass is 286 g/mol. The molecule has 0 aliphatic rings. The predicted octanol–water partition coefficient (Wildman–Crippen LogP) is 1.99. The minimum atomic E-state index is -3.57. The molecule has 0 spiro atoms. The zero-order chi connectivity index (χ0) is 14.7. The highest BCUT2D eigenvalue weighted by molar-refractivity contribution is 7.89. The van der Waals surface area contributed by atoms with Gasteiger partial charge in [0.05, 0.1) is 6.61 Å². The lowest BCUT2D eigenvalue weighted by molar-refractivity contribution is 0.238. The Morgan fingerprint density at radius 2 is 1.95 bits per heavy atom. The van der Waals surface area contributed by atoms with Gasteiger partial charge >= 0.3 is 0 Å². The fraction of sp³-hybridized carbons (Fsp3) is 0.538. The van der Waals surface area contributed by atoms with Crippen LogP contribution in [0.25, 0.3) is 0 Å². The quantitative estimate of drug-likeness (QED) is 0.811. The Morgan fingerprint density at radius 3 is 2.47 bits per heavy atom. The summed E-state index contributed by atoms with van der Waals surface area (Å²) in [6, 6.07) is 4.61. The molecule has 6 heteroatoms. The number of sulfonamides is 1. The number of anilines is 1. The third-order valence-electron chi connectivity index (χ3n) is 2.64. The summed E-state index contributed by atoms with van der Waals surface area (Å²) in [5.74, 6) is 0.327. The molecule has 3 N–H and O–H groups in total. The van der Waals surface area contributed by atoms with Crippen LogP contribution in [0.5, 0.6) is 5.75 Å². The first-order valence-electron chi connectivity index (χ1n) is 6.11. The number of nitrogen functional groups attached to an aromatic ring is 1. The molecule has 1 aromatic carbocycles. The van der Waals surface area contributed by atoms with Gasteiger partial charge in [0.1, 0.15) is 10.6 Å². The number of rotatable bonds is 5. The van der Waals surface area contributed by atoms with Crippen molar-refractivity contribution in [1.29, 1.82) is 0 Å². The van der Waals surface area contributed by atoms with E-state index >= 15 is 0 Å². The molecule has 0 unspecified atom stereocenters. The normalized spacial score (nSPS) is 12.4. The van der Waals surface area contributed by atoms with Gasteiger partial charge in [0.15, 0.2) is 0 Å². The van der Waals surface area contributed by atoms with E-state index in [0.717, 1.165) is 6.42 Å². The minimum Gasteiger partial charge on any atom is -0.492 e. The van der Waals surface area contributed by atoms with Gasteiger partial charge in [-0.05, 0) is 37.1 Å². The molecule has 0 aliphatic carbocycles. The number of nitrogens with one attached hydrogen (secondary N) is 1. The summed E-state index contributed by atoms with van der Waals surface area (Å²) in [6.45, 7) is 6.76. The van der Waals surface area contributed by atoms with Crippen molar-refractivity contribution in [2.75, 3.05) is 19.4 Å². The maximum Gasteiger partial charge on any atom is 0.244 e. The Bertz CT molecular complexity index is 533. The van der Waals surface area contributed by atoms with Gasteiger partial charge in [0, 0.05) is 5.69 Å². The van der Waals surface area contributed by atoms with Crippen LogP contribution in [-0.4, -0.2) is 22.1 Å². The van der Waals surface area contributed by atoms with E-state index in [9.17, 15) is 8.42 Å². The van der Waals surface area contributed by atoms with Gasteiger partial charge in [-0.1, -0.05) is 20.8 Å². The van der Waals surface area contributed by atoms with Crippen molar-refractivity contribution in [3.8, 4) is 5.75 Å². The fourth-order valence-electron chi connectivity index (χ4n) is 1.43. The maximum atomic E-state index is 11.9. The summed E-state index contributed by atoms with van der Waals surface area (Å²) in [4.78, 5) is 0.0731. The molecule has 0 amide bonds. The molecule has 0 saturated heterocycles. The molecule has 108 valence electrons. The Kier molecular flexibility index (Phi) is 4.81. The van der Waals surface area contributed by atoms with E-state index in [0.29, 0.717) is 18.0 Å². The first-order chi connectivity index (χ1) is 8.65. The lowest BCUT2D eigenvalue weighted by Gasteiger charge is -2.19. The number of hydrogen-bond donors (Lipinski definition) is 2. The van der Waals surface area contributed by atoms with Gasteiger partial charge in [-0.2, -0.15) is 0 Å². The Morgan fingerprint density at radius 1 is 1.32 bits per heavy atom. The predicted molar refractivity (Wildman–Crippen MR) is 76.7 cm³/mol. The molecule has 1 rings (SSSR count). The van der Waals surface area contributed by atoms with E-state index in [-0.39, 0.29) is 10.3 Å². The Labute approximate surface area is 115 Å². The first-order valence-corrected chi connectivity index (χ1v) is 7.60. The van der Waals surface area contributed by atoms with Crippen molar-refractivity contribution in [2.45, 2.75) is 32.1 Å². The van der Waals surface area contributed by atoms with E-state index in [2.05, 4.69) is 25.5 Å². The molecule has 0 heterocycles. The fourth-order valence-corrected chi connectivity index (χ4v) is 2.33. The molecule has 0 bridgehead atoms. The molecular weight excluding hydrogens is 264 g/mol. The third kappa shape index (κ3) is 4.72. The van der Waals surface area contributed by atoms with E-state index in [4.69, 9.17) is 10.5 Å². The van der Waals surface area contributed by atoms with Gasteiger partial charge in [-0.25, -0.2) is 13.1 Å². The molecule has 0 fully saturated rings. The van der Waals surface area contributed by atoms with Gasteiger partial charge in [-0.15, -0.1) is 0 Å². The molecule has 0 aliphatic heterocycles. The number of benzene rings is 1. The molecule has 5 nitrogen and oxygen atoms in total. The lowest BCUT2D eigenvalue weighted by Crippen LogP contribution is -2.20. The average molecular weight is 286 g/mol. The summed E-state index contributed by atoms with van der Waals surface area (Å²) in [5.41, 5.74) is 6.15. The van der Waals surface area contributed by atoms with Crippen LogP contribution >= 0.6 is 0 Å². The molecule has 0 saturated carbocycles. The Hall–Kier alpha value is -1.27. The second-order valence-electron chi connectivity index (χ2n) is 5.57. The van der Waals surface area contributed by atoms with Crippen LogP contribution in [0.4, 0.5) is 5.69 Å². The third-order valence-corrected chi connectivity index (χ3v) is 4.07. The molecular formula is C13H22N2O3S. The molecule has 19 heavy (non-hydrogen) atoms. The SMILES string of the molecule is CNS(=O)(=O)c1cc(N)ccc1OCCC(C)(C)C. The van der Waals surface area contributed by atoms with Gasteiger partial charge in [-0.3, -0.25) is 0 Å². The summed E-state index contributed by atoms with van der Waals surface area (Å²) in [7, 11) is -2.21. The summed E-state index contributed by atoms with van der Waals surface area (Å²) >= 11 is 0. The first kappa shape index (κ1) is 15.8. The topological polar surface area (TPSA) is 81.4 Å². The van der Waals surface area contributed by atoms with E-state index in [1.54, 1.807) is 12.1 Å². The van der Waals surface area contributed by atoms with Crippen LogP contribution in [0, 0.1) is 5.41 Å². The van der Waals surface area contributed by atoms with Crippen molar-refractivity contribution in [3.05, 3.63) is 18.2 Å². The second-order valence-corrected chi connectivity index (χ2v) is 7.43. The summed E-state index contributed by atoms with van der Waals surface area (Å²) in [5, 5.41) is 0. The minimum absolute atomic E-state index is 0.0731. The van der Waals surface area contributed by atoms with Crippen LogP contribution in [0.3, 0.4) is 0 Å². The van der Waals surface area contributed by atoms with Gasteiger partial charge in [0.25, 0.3) is 0 Å². The van der Waals surface area contributed by atoms with Crippen molar-refractivity contribution < 1.29 is 13.2 Å². The Balaban J connectivity index is 2.96. The zero-order valence-electron chi connectivity index (χ0n) is 11.9. The summed E-state index contributed by atoms with van der Waals surface area (Å²) < 4.78 is 31.6. The molecule has 0 atom stereocenters. The molecule has 0 aromatic heterocycles. The highest BCUT2D eigenvalue weighted by Gasteiger charge is 2.19. The smallest absolute Gasteiger partial charge is 0.244 e. The van der Waals surface area contributed by atoms with Crippen molar-refractivity contribution in [1.82, 2.24) is 4.72 Å². The zero-order valence-corrected chi connectivity index (χ0v) is 12.7. The summed E-state index contributed by atoms with van der Waals surface area (Å²) in [6.07, 6.45) is 0.830. The van der Waals surface area contributed by atoms with E-state index in [1.807, 2.05) is 0 Å². The second kappa shape index (κ2) is 5.79. The van der Waals surface area contributed by atoms with Crippen LogP contribution in [-0.2, 0) is 10.0 Å². The molecule has 0 radical (unpaired) electrons. The van der Waals surface area contributed by atoms with Gasteiger partial charge < -0.3 is 10.5 Å². The number of ether oxygens (including phenoxy) is 1. The standard InChI is InChI=1S/C13H22N2O3S/c1-13(2,3)7-8-18-11-6-5-10(14)9-12(11)19(16,17)15-4/h5-6,9,15H,7-8,14H2,1-4H3. The molecule has 1 aromatic rings. The maximum absolute atomic E-state index is 11.9. The van der Waals surface area contributed by atoms with Crippen molar-refractivity contribution in [3.63, 3.8) is 0 Å². The van der Waals surface area contributed by atoms with Crippen LogP contribution in [0.1, 0.15) is 27.2 Å². The lowest BCUT2D eigenvalue weighted by atomic mass is 9.93. The largest absolute Gasteiger partial charge is 0.492 e. The highest BCUT2D eigenvalue weighted by atomic mass is 32.2. The highest BCUT2D eigenvalue weighted by Crippen LogP contribution is 2.27. The number of nitrogens with two attached hydrogens (primary N) is 1. The number of hydrogen-bond acceptors (Lipinski definition) is 4. The van der Waals surface area contributed by atoms with Crippen LogP contribution in [0.15, 0.2) is 23.1 Å². The van der Waals surface area contributed by atoms with Crippen LogP contribution in [0.2, 0.25) is 0 Å². The van der Waals surface area contributed by atoms with E-state index < -0.39 is 10.0 Å². The van der Waals surface area contributed by atoms with Crippen molar-refractivity contribution >= 4 is 15.7 Å². The van der Waals surface area contributed by atoms with Crippen LogP contribution < -0.4 is 15.2 Å². The average Bonchev–Trinajstić information content (AvgIpc) is 2.29.